The molecule has 1 fully saturated rings. The number of hydrogen-bond donors (Lipinski definition) is 1. The topological polar surface area (TPSA) is 15.3 Å². The molecule has 2 nitrogen and oxygen atoms in total. The SMILES string of the molecule is CC.CNCCN(C)C1CCC(C)CC1. The highest BCUT2D eigenvalue weighted by Crippen LogP contribution is 2.26. The minimum absolute atomic E-state index is 0.851. The van der Waals surface area contributed by atoms with Crippen molar-refractivity contribution in [2.75, 3.05) is 27.2 Å². The van der Waals surface area contributed by atoms with Crippen LogP contribution in [0.25, 0.3) is 0 Å². The quantitative estimate of drug-likeness (QED) is 0.774. The molecule has 0 aliphatic heterocycles. The Morgan fingerprint density at radius 3 is 2.13 bits per heavy atom. The Morgan fingerprint density at radius 2 is 1.67 bits per heavy atom. The summed E-state index contributed by atoms with van der Waals surface area (Å²) in [6.45, 7) is 8.68. The summed E-state index contributed by atoms with van der Waals surface area (Å²) in [4.78, 5) is 2.52. The highest BCUT2D eigenvalue weighted by atomic mass is 15.1. The second-order valence-electron chi connectivity index (χ2n) is 4.50. The van der Waals surface area contributed by atoms with Crippen molar-refractivity contribution in [1.29, 1.82) is 0 Å². The van der Waals surface area contributed by atoms with Gasteiger partial charge in [0.2, 0.25) is 0 Å². The van der Waals surface area contributed by atoms with Crippen LogP contribution in [0.2, 0.25) is 0 Å². The van der Waals surface area contributed by atoms with Crippen LogP contribution in [0.3, 0.4) is 0 Å². The van der Waals surface area contributed by atoms with Crippen molar-refractivity contribution in [2.45, 2.75) is 52.5 Å². The highest BCUT2D eigenvalue weighted by Gasteiger charge is 2.20. The molecule has 0 atom stereocenters. The third-order valence-electron chi connectivity index (χ3n) is 3.32. The van der Waals surface area contributed by atoms with Crippen LogP contribution in [0.15, 0.2) is 0 Å². The van der Waals surface area contributed by atoms with E-state index in [2.05, 4.69) is 24.2 Å². The van der Waals surface area contributed by atoms with Gasteiger partial charge in [-0.1, -0.05) is 20.8 Å². The van der Waals surface area contributed by atoms with Gasteiger partial charge in [-0.25, -0.2) is 0 Å². The van der Waals surface area contributed by atoms with Crippen molar-refractivity contribution >= 4 is 0 Å². The van der Waals surface area contributed by atoms with Crippen LogP contribution in [-0.2, 0) is 0 Å². The molecule has 2 heteroatoms. The van der Waals surface area contributed by atoms with Gasteiger partial charge in [-0.2, -0.15) is 0 Å². The molecule has 0 unspecified atom stereocenters. The molecule has 0 radical (unpaired) electrons. The first-order chi connectivity index (χ1) is 7.24. The second kappa shape index (κ2) is 9.17. The lowest BCUT2D eigenvalue weighted by atomic mass is 9.87. The summed E-state index contributed by atoms with van der Waals surface area (Å²) in [7, 11) is 4.29. The van der Waals surface area contributed by atoms with E-state index >= 15 is 0 Å². The smallest absolute Gasteiger partial charge is 0.0107 e. The van der Waals surface area contributed by atoms with E-state index < -0.39 is 0 Å². The van der Waals surface area contributed by atoms with Crippen LogP contribution in [0, 0.1) is 5.92 Å². The van der Waals surface area contributed by atoms with Gasteiger partial charge in [0.15, 0.2) is 0 Å². The predicted octanol–water partition coefficient (Wildman–Crippen LogP) is 2.74. The fourth-order valence-corrected chi connectivity index (χ4v) is 2.15. The van der Waals surface area contributed by atoms with Gasteiger partial charge in [0.1, 0.15) is 0 Å². The standard InChI is InChI=1S/C11H24N2.C2H6/c1-10-4-6-11(7-5-10)13(3)9-8-12-2;1-2/h10-12H,4-9H2,1-3H3;1-2H3. The largest absolute Gasteiger partial charge is 0.318 e. The summed E-state index contributed by atoms with van der Waals surface area (Å²) in [6, 6.07) is 0.851. The molecule has 0 amide bonds. The third kappa shape index (κ3) is 6.16. The van der Waals surface area contributed by atoms with Gasteiger partial charge >= 0.3 is 0 Å². The first-order valence-corrected chi connectivity index (χ1v) is 6.59. The molecule has 1 N–H and O–H groups in total. The van der Waals surface area contributed by atoms with Crippen molar-refractivity contribution in [3.63, 3.8) is 0 Å². The molecular weight excluding hydrogens is 184 g/mol. The Balaban J connectivity index is 0.000000921. The average molecular weight is 214 g/mol. The molecule has 1 aliphatic carbocycles. The lowest BCUT2D eigenvalue weighted by Gasteiger charge is -2.33. The van der Waals surface area contributed by atoms with Crippen molar-refractivity contribution in [3.05, 3.63) is 0 Å². The van der Waals surface area contributed by atoms with Crippen LogP contribution >= 0.6 is 0 Å². The van der Waals surface area contributed by atoms with Gasteiger partial charge in [0.05, 0.1) is 0 Å². The van der Waals surface area contributed by atoms with E-state index in [0.29, 0.717) is 0 Å². The fourth-order valence-electron chi connectivity index (χ4n) is 2.15. The maximum Gasteiger partial charge on any atom is 0.0107 e. The Hall–Kier alpha value is -0.0800. The van der Waals surface area contributed by atoms with E-state index in [1.54, 1.807) is 0 Å². The molecule has 92 valence electrons. The average Bonchev–Trinajstić information content (AvgIpc) is 2.29. The first kappa shape index (κ1) is 14.9. The van der Waals surface area contributed by atoms with Crippen molar-refractivity contribution in [1.82, 2.24) is 10.2 Å². The monoisotopic (exact) mass is 214 g/mol. The molecule has 1 rings (SSSR count). The molecule has 1 aliphatic rings. The molecular formula is C13H30N2. The number of rotatable bonds is 4. The van der Waals surface area contributed by atoms with Crippen molar-refractivity contribution in [2.24, 2.45) is 5.92 Å². The Kier molecular flexibility index (Phi) is 9.12. The van der Waals surface area contributed by atoms with Crippen LogP contribution in [0.5, 0.6) is 0 Å². The Labute approximate surface area is 96.4 Å². The van der Waals surface area contributed by atoms with Gasteiger partial charge in [0.25, 0.3) is 0 Å². The van der Waals surface area contributed by atoms with E-state index in [1.165, 1.54) is 32.2 Å². The molecule has 1 saturated carbocycles. The number of hydrogen-bond acceptors (Lipinski definition) is 2. The van der Waals surface area contributed by atoms with Crippen molar-refractivity contribution in [3.8, 4) is 0 Å². The second-order valence-corrected chi connectivity index (χ2v) is 4.50. The molecule has 0 aromatic heterocycles. The first-order valence-electron chi connectivity index (χ1n) is 6.59. The minimum Gasteiger partial charge on any atom is -0.318 e. The molecule has 15 heavy (non-hydrogen) atoms. The van der Waals surface area contributed by atoms with Gasteiger partial charge in [0, 0.05) is 19.1 Å². The molecule has 0 saturated heterocycles. The zero-order valence-electron chi connectivity index (χ0n) is 11.3. The minimum atomic E-state index is 0.851. The van der Waals surface area contributed by atoms with Crippen LogP contribution in [0.4, 0.5) is 0 Å². The maximum absolute atomic E-state index is 3.20. The van der Waals surface area contributed by atoms with E-state index in [1.807, 2.05) is 20.9 Å². The molecule has 0 spiro atoms. The van der Waals surface area contributed by atoms with Crippen LogP contribution in [0.1, 0.15) is 46.5 Å². The van der Waals surface area contributed by atoms with Crippen LogP contribution < -0.4 is 5.32 Å². The molecule has 0 aromatic carbocycles. The van der Waals surface area contributed by atoms with Crippen molar-refractivity contribution < 1.29 is 0 Å². The van der Waals surface area contributed by atoms with Gasteiger partial charge in [-0.05, 0) is 45.7 Å². The summed E-state index contributed by atoms with van der Waals surface area (Å²) in [6.07, 6.45) is 5.66. The van der Waals surface area contributed by atoms with E-state index in [-0.39, 0.29) is 0 Å². The summed E-state index contributed by atoms with van der Waals surface area (Å²) in [5.41, 5.74) is 0. The maximum atomic E-state index is 3.20. The normalized spacial score (nSPS) is 26.0. The van der Waals surface area contributed by atoms with E-state index in [9.17, 15) is 0 Å². The lowest BCUT2D eigenvalue weighted by Crippen LogP contribution is -2.38. The summed E-state index contributed by atoms with van der Waals surface area (Å²) < 4.78 is 0. The summed E-state index contributed by atoms with van der Waals surface area (Å²) in [5, 5.41) is 3.20. The zero-order chi connectivity index (χ0) is 11.7. The zero-order valence-corrected chi connectivity index (χ0v) is 11.3. The van der Waals surface area contributed by atoms with Gasteiger partial charge in [-0.3, -0.25) is 0 Å². The molecule has 0 aromatic rings. The lowest BCUT2D eigenvalue weighted by molar-refractivity contribution is 0.172. The highest BCUT2D eigenvalue weighted by molar-refractivity contribution is 4.76. The van der Waals surface area contributed by atoms with E-state index in [0.717, 1.165) is 18.5 Å². The number of nitrogens with one attached hydrogen (secondary N) is 1. The summed E-state index contributed by atoms with van der Waals surface area (Å²) in [5.74, 6) is 0.967. The molecule has 0 bridgehead atoms. The number of likely N-dealkylation sites (N-methyl/N-ethyl adjacent to an activating group) is 2. The Morgan fingerprint density at radius 1 is 1.13 bits per heavy atom. The summed E-state index contributed by atoms with van der Waals surface area (Å²) >= 11 is 0. The number of nitrogens with zero attached hydrogens (tertiary/aromatic N) is 1. The van der Waals surface area contributed by atoms with Gasteiger partial charge in [-0.15, -0.1) is 0 Å². The van der Waals surface area contributed by atoms with Gasteiger partial charge < -0.3 is 10.2 Å². The predicted molar refractivity (Wildman–Crippen MR) is 69.3 cm³/mol. The van der Waals surface area contributed by atoms with E-state index in [4.69, 9.17) is 0 Å². The Bertz CT molecular complexity index is 128. The van der Waals surface area contributed by atoms with Crippen LogP contribution in [-0.4, -0.2) is 38.1 Å². The fraction of sp³-hybridized carbons (Fsp3) is 1.00. The third-order valence-corrected chi connectivity index (χ3v) is 3.32. The molecule has 0 heterocycles.